The molecule has 0 spiro atoms. The highest BCUT2D eigenvalue weighted by molar-refractivity contribution is 4.58. The lowest BCUT2D eigenvalue weighted by Crippen LogP contribution is -2.25. The Morgan fingerprint density at radius 3 is 2.58 bits per heavy atom. The van der Waals surface area contributed by atoms with Crippen molar-refractivity contribution in [2.45, 2.75) is 46.1 Å². The fraction of sp³-hybridized carbons (Fsp3) is 1.00. The average Bonchev–Trinajstić information content (AvgIpc) is 2.05. The van der Waals surface area contributed by atoms with Crippen LogP contribution in [0.1, 0.15) is 40.0 Å². The second-order valence-electron chi connectivity index (χ2n) is 3.15. The first-order valence-corrected chi connectivity index (χ1v) is 5.12. The zero-order chi connectivity index (χ0) is 9.23. The van der Waals surface area contributed by atoms with Gasteiger partial charge in [0, 0.05) is 19.3 Å². The van der Waals surface area contributed by atoms with Crippen LogP contribution in [0.4, 0.5) is 0 Å². The number of nitrogens with one attached hydrogen (secondary N) is 1. The Labute approximate surface area is 76.7 Å². The molecule has 0 fully saturated rings. The van der Waals surface area contributed by atoms with Gasteiger partial charge in [-0.25, -0.2) is 0 Å². The van der Waals surface area contributed by atoms with Crippen molar-refractivity contribution in [2.75, 3.05) is 19.8 Å². The highest BCUT2D eigenvalue weighted by Gasteiger charge is 1.97. The SMILES string of the molecule is CCNC(C)CCCCOCC. The Kier molecular flexibility index (Phi) is 8.95. The van der Waals surface area contributed by atoms with Crippen LogP contribution in [0.2, 0.25) is 0 Å². The van der Waals surface area contributed by atoms with Gasteiger partial charge in [0.05, 0.1) is 0 Å². The van der Waals surface area contributed by atoms with Crippen molar-refractivity contribution >= 4 is 0 Å². The molecule has 0 rings (SSSR count). The van der Waals surface area contributed by atoms with Gasteiger partial charge in [-0.15, -0.1) is 0 Å². The van der Waals surface area contributed by atoms with Gasteiger partial charge in [0.1, 0.15) is 0 Å². The standard InChI is InChI=1S/C10H23NO/c1-4-11-10(3)8-6-7-9-12-5-2/h10-11H,4-9H2,1-3H3. The summed E-state index contributed by atoms with van der Waals surface area (Å²) in [5.74, 6) is 0. The van der Waals surface area contributed by atoms with E-state index in [-0.39, 0.29) is 0 Å². The number of unbranched alkanes of at least 4 members (excludes halogenated alkanes) is 1. The van der Waals surface area contributed by atoms with Gasteiger partial charge in [0.2, 0.25) is 0 Å². The van der Waals surface area contributed by atoms with Crippen LogP contribution in [0.5, 0.6) is 0 Å². The van der Waals surface area contributed by atoms with Crippen molar-refractivity contribution in [3.05, 3.63) is 0 Å². The predicted octanol–water partition coefficient (Wildman–Crippen LogP) is 2.19. The maximum Gasteiger partial charge on any atom is 0.0465 e. The fourth-order valence-electron chi connectivity index (χ4n) is 1.25. The molecule has 0 aliphatic heterocycles. The minimum absolute atomic E-state index is 0.664. The first-order valence-electron chi connectivity index (χ1n) is 5.12. The molecule has 0 bridgehead atoms. The molecule has 0 aliphatic rings. The van der Waals surface area contributed by atoms with Gasteiger partial charge in [0.25, 0.3) is 0 Å². The van der Waals surface area contributed by atoms with Crippen molar-refractivity contribution in [1.29, 1.82) is 0 Å². The lowest BCUT2D eigenvalue weighted by molar-refractivity contribution is 0.142. The maximum absolute atomic E-state index is 5.25. The molecular weight excluding hydrogens is 150 g/mol. The minimum atomic E-state index is 0.664. The normalized spacial score (nSPS) is 13.2. The molecule has 74 valence electrons. The molecule has 0 aromatic heterocycles. The first-order chi connectivity index (χ1) is 5.81. The summed E-state index contributed by atoms with van der Waals surface area (Å²) in [5, 5.41) is 3.40. The van der Waals surface area contributed by atoms with Crippen LogP contribution in [-0.4, -0.2) is 25.8 Å². The molecule has 0 aromatic carbocycles. The van der Waals surface area contributed by atoms with Crippen LogP contribution in [0.3, 0.4) is 0 Å². The first kappa shape index (κ1) is 11.9. The highest BCUT2D eigenvalue weighted by atomic mass is 16.5. The number of hydrogen-bond acceptors (Lipinski definition) is 2. The zero-order valence-electron chi connectivity index (χ0n) is 8.73. The molecule has 0 heterocycles. The largest absolute Gasteiger partial charge is 0.382 e. The number of rotatable bonds is 8. The Hall–Kier alpha value is -0.0800. The van der Waals surface area contributed by atoms with Gasteiger partial charge in [-0.05, 0) is 39.7 Å². The molecule has 1 unspecified atom stereocenters. The monoisotopic (exact) mass is 173 g/mol. The van der Waals surface area contributed by atoms with Crippen molar-refractivity contribution < 1.29 is 4.74 Å². The summed E-state index contributed by atoms with van der Waals surface area (Å²) in [6.45, 7) is 9.28. The molecular formula is C10H23NO. The summed E-state index contributed by atoms with van der Waals surface area (Å²) in [6.07, 6.45) is 3.73. The van der Waals surface area contributed by atoms with Crippen LogP contribution in [-0.2, 0) is 4.74 Å². The molecule has 12 heavy (non-hydrogen) atoms. The average molecular weight is 173 g/mol. The van der Waals surface area contributed by atoms with Gasteiger partial charge < -0.3 is 10.1 Å². The van der Waals surface area contributed by atoms with E-state index in [1.54, 1.807) is 0 Å². The Morgan fingerprint density at radius 2 is 2.00 bits per heavy atom. The van der Waals surface area contributed by atoms with Crippen LogP contribution < -0.4 is 5.32 Å². The summed E-state index contributed by atoms with van der Waals surface area (Å²) >= 11 is 0. The summed E-state index contributed by atoms with van der Waals surface area (Å²) < 4.78 is 5.25. The van der Waals surface area contributed by atoms with E-state index in [1.807, 2.05) is 6.92 Å². The van der Waals surface area contributed by atoms with E-state index in [0.29, 0.717) is 6.04 Å². The number of hydrogen-bond donors (Lipinski definition) is 1. The summed E-state index contributed by atoms with van der Waals surface area (Å²) in [6, 6.07) is 0.664. The molecule has 0 aliphatic carbocycles. The van der Waals surface area contributed by atoms with Crippen LogP contribution in [0.15, 0.2) is 0 Å². The molecule has 1 atom stereocenters. The second-order valence-corrected chi connectivity index (χ2v) is 3.15. The van der Waals surface area contributed by atoms with Gasteiger partial charge in [0.15, 0.2) is 0 Å². The quantitative estimate of drug-likeness (QED) is 0.568. The Morgan fingerprint density at radius 1 is 1.25 bits per heavy atom. The van der Waals surface area contributed by atoms with E-state index >= 15 is 0 Å². The molecule has 2 nitrogen and oxygen atoms in total. The van der Waals surface area contributed by atoms with E-state index in [0.717, 1.165) is 19.8 Å². The van der Waals surface area contributed by atoms with Gasteiger partial charge in [-0.2, -0.15) is 0 Å². The molecule has 0 saturated carbocycles. The molecule has 2 heteroatoms. The van der Waals surface area contributed by atoms with Gasteiger partial charge >= 0.3 is 0 Å². The van der Waals surface area contributed by atoms with E-state index < -0.39 is 0 Å². The highest BCUT2D eigenvalue weighted by Crippen LogP contribution is 2.00. The van der Waals surface area contributed by atoms with Crippen LogP contribution >= 0.6 is 0 Å². The maximum atomic E-state index is 5.25. The third-order valence-corrected chi connectivity index (χ3v) is 1.93. The lowest BCUT2D eigenvalue weighted by atomic mass is 10.1. The van der Waals surface area contributed by atoms with E-state index in [1.165, 1.54) is 19.3 Å². The van der Waals surface area contributed by atoms with E-state index in [4.69, 9.17) is 4.74 Å². The van der Waals surface area contributed by atoms with E-state index in [2.05, 4.69) is 19.2 Å². The number of ether oxygens (including phenoxy) is 1. The van der Waals surface area contributed by atoms with Crippen molar-refractivity contribution in [2.24, 2.45) is 0 Å². The Bertz CT molecular complexity index is 85.9. The Balaban J connectivity index is 2.97. The lowest BCUT2D eigenvalue weighted by Gasteiger charge is -2.11. The topological polar surface area (TPSA) is 21.3 Å². The fourth-order valence-corrected chi connectivity index (χ4v) is 1.25. The molecule has 0 amide bonds. The van der Waals surface area contributed by atoms with Crippen molar-refractivity contribution in [1.82, 2.24) is 5.32 Å². The second kappa shape index (κ2) is 9.01. The van der Waals surface area contributed by atoms with E-state index in [9.17, 15) is 0 Å². The molecule has 0 saturated heterocycles. The third kappa shape index (κ3) is 8.02. The van der Waals surface area contributed by atoms with Crippen molar-refractivity contribution in [3.63, 3.8) is 0 Å². The third-order valence-electron chi connectivity index (χ3n) is 1.93. The summed E-state index contributed by atoms with van der Waals surface area (Å²) in [7, 11) is 0. The van der Waals surface area contributed by atoms with Crippen LogP contribution in [0, 0.1) is 0 Å². The molecule has 0 aromatic rings. The smallest absolute Gasteiger partial charge is 0.0465 e. The van der Waals surface area contributed by atoms with Gasteiger partial charge in [-0.1, -0.05) is 6.92 Å². The van der Waals surface area contributed by atoms with Crippen molar-refractivity contribution in [3.8, 4) is 0 Å². The van der Waals surface area contributed by atoms with Gasteiger partial charge in [-0.3, -0.25) is 0 Å². The minimum Gasteiger partial charge on any atom is -0.382 e. The van der Waals surface area contributed by atoms with Crippen LogP contribution in [0.25, 0.3) is 0 Å². The summed E-state index contributed by atoms with van der Waals surface area (Å²) in [4.78, 5) is 0. The molecule has 0 radical (unpaired) electrons. The predicted molar refractivity (Wildman–Crippen MR) is 53.5 cm³/mol. The molecule has 1 N–H and O–H groups in total. The zero-order valence-corrected chi connectivity index (χ0v) is 8.73. The summed E-state index contributed by atoms with van der Waals surface area (Å²) in [5.41, 5.74) is 0.